The van der Waals surface area contributed by atoms with Gasteiger partial charge in [0, 0.05) is 87.4 Å². The second-order valence-electron chi connectivity index (χ2n) is 0. The van der Waals surface area contributed by atoms with E-state index in [-0.39, 0.29) is 87.4 Å². The van der Waals surface area contributed by atoms with Gasteiger partial charge in [-0.3, -0.25) is 0 Å². The number of rotatable bonds is 0. The third kappa shape index (κ3) is 8.82. The van der Waals surface area contributed by atoms with Gasteiger partial charge in [0.15, 0.2) is 0 Å². The van der Waals surface area contributed by atoms with Crippen LogP contribution < -0.4 is 5.90 Å². The Morgan fingerprint density at radius 3 is 1.25 bits per heavy atom. The Bertz CT molecular complexity index is 8.00. The van der Waals surface area contributed by atoms with Crippen LogP contribution in [0, 0.1) is 0 Å². The molecule has 0 fully saturated rings. The molecular formula is H3CsNOV. The summed E-state index contributed by atoms with van der Waals surface area (Å²) in [5.41, 5.74) is 0. The first-order chi connectivity index (χ1) is 1.00. The molecule has 2 radical (unpaired) electrons. The monoisotopic (exact) mass is 217 g/mol. The van der Waals surface area contributed by atoms with Crippen molar-refractivity contribution in [3.63, 3.8) is 0 Å². The largest absolute Gasteiger partial charge is 0.320 e. The molecule has 0 aliphatic carbocycles. The fourth-order valence-electron chi connectivity index (χ4n) is 0. The molecule has 3 N–H and O–H groups in total. The Kier molecular flexibility index (Phi) is 70.6. The van der Waals surface area contributed by atoms with Gasteiger partial charge in [-0.1, -0.05) is 0 Å². The molecule has 0 spiro atoms. The van der Waals surface area contributed by atoms with Crippen molar-refractivity contribution in [3.8, 4) is 0 Å². The van der Waals surface area contributed by atoms with E-state index < -0.39 is 0 Å². The molecule has 0 aromatic heterocycles. The second kappa shape index (κ2) is 17.7. The molecule has 0 unspecified atom stereocenters. The number of hydrogen-bond donors (Lipinski definition) is 2. The summed E-state index contributed by atoms with van der Waals surface area (Å²) < 4.78 is 0. The minimum atomic E-state index is 0. The average molecular weight is 217 g/mol. The third-order valence-corrected chi connectivity index (χ3v) is 0. The normalized spacial score (nSPS) is 1.50. The van der Waals surface area contributed by atoms with Crippen molar-refractivity contribution < 1.29 is 23.8 Å². The van der Waals surface area contributed by atoms with Crippen molar-refractivity contribution in [2.75, 3.05) is 0 Å². The van der Waals surface area contributed by atoms with Gasteiger partial charge in [-0.15, -0.1) is 0 Å². The third-order valence-electron chi connectivity index (χ3n) is 0. The molecule has 0 saturated heterocycles. The maximum absolute atomic E-state index is 6.50. The zero-order valence-corrected chi connectivity index (χ0v) is 10.1. The summed E-state index contributed by atoms with van der Waals surface area (Å²) in [4.78, 5) is 0. The summed E-state index contributed by atoms with van der Waals surface area (Å²) in [6, 6.07) is 0. The molecule has 4 heteroatoms. The molecule has 2 nitrogen and oxygen atoms in total. The maximum Gasteiger partial charge on any atom is 0 e. The predicted molar refractivity (Wildman–Crippen MR) is 11.7 cm³/mol. The predicted octanol–water partition coefficient (Wildman–Crippen LogP) is -1.05. The fraction of sp³-hybridized carbons (Fsp3) is 0. The van der Waals surface area contributed by atoms with Gasteiger partial charge in [-0.25, -0.2) is 5.90 Å². The number of hydrogen-bond acceptors (Lipinski definition) is 2. The summed E-state index contributed by atoms with van der Waals surface area (Å²) >= 11 is 0. The van der Waals surface area contributed by atoms with Crippen molar-refractivity contribution in [1.82, 2.24) is 0 Å². The van der Waals surface area contributed by atoms with Crippen LogP contribution in [0.5, 0.6) is 0 Å². The van der Waals surface area contributed by atoms with Gasteiger partial charge in [0.1, 0.15) is 0 Å². The topological polar surface area (TPSA) is 46.2 Å². The van der Waals surface area contributed by atoms with E-state index in [2.05, 4.69) is 5.90 Å². The molecule has 0 aliphatic heterocycles. The van der Waals surface area contributed by atoms with E-state index in [0.29, 0.717) is 0 Å². The van der Waals surface area contributed by atoms with Crippen molar-refractivity contribution in [1.29, 1.82) is 0 Å². The van der Waals surface area contributed by atoms with Gasteiger partial charge in [0.05, 0.1) is 0 Å². The summed E-state index contributed by atoms with van der Waals surface area (Å²) in [7, 11) is 0. The summed E-state index contributed by atoms with van der Waals surface area (Å²) in [5, 5.41) is 6.50. The van der Waals surface area contributed by atoms with Gasteiger partial charge in [0.25, 0.3) is 0 Å². The van der Waals surface area contributed by atoms with Crippen LogP contribution in [-0.4, -0.2) is 74.1 Å². The molecule has 0 aliphatic rings. The van der Waals surface area contributed by atoms with Crippen LogP contribution in [-0.2, 0) is 18.6 Å². The molecular weight excluding hydrogens is 214 g/mol. The van der Waals surface area contributed by atoms with Gasteiger partial charge in [-0.05, 0) is 0 Å². The van der Waals surface area contributed by atoms with Crippen LogP contribution in [0.25, 0.3) is 0 Å². The van der Waals surface area contributed by atoms with Crippen molar-refractivity contribution in [3.05, 3.63) is 0 Å². The van der Waals surface area contributed by atoms with Crippen LogP contribution in [0.3, 0.4) is 0 Å². The SMILES string of the molecule is NO.[Cs].[V]. The van der Waals surface area contributed by atoms with E-state index >= 15 is 0 Å². The molecule has 0 aromatic rings. The van der Waals surface area contributed by atoms with E-state index in [9.17, 15) is 0 Å². The quantitative estimate of drug-likeness (QED) is 0.508. The molecule has 0 amide bonds. The van der Waals surface area contributed by atoms with E-state index in [0.717, 1.165) is 0 Å². The Morgan fingerprint density at radius 2 is 1.25 bits per heavy atom. The summed E-state index contributed by atoms with van der Waals surface area (Å²) in [6.45, 7) is 0. The zero-order chi connectivity index (χ0) is 2.00. The minimum Gasteiger partial charge on any atom is -0.320 e. The van der Waals surface area contributed by atoms with Crippen LogP contribution in [0.4, 0.5) is 0 Å². The van der Waals surface area contributed by atoms with E-state index in [1.807, 2.05) is 0 Å². The standard InChI is InChI=1S/Cs.H3NO.V/c;1-2;/h;2H,1H2;. The maximum atomic E-state index is 6.50. The van der Waals surface area contributed by atoms with Gasteiger partial charge >= 0.3 is 0 Å². The van der Waals surface area contributed by atoms with Crippen LogP contribution in [0.1, 0.15) is 0 Å². The fourth-order valence-corrected chi connectivity index (χ4v) is 0. The van der Waals surface area contributed by atoms with Gasteiger partial charge in [0.2, 0.25) is 0 Å². The molecule has 0 atom stereocenters. The van der Waals surface area contributed by atoms with Crippen LogP contribution >= 0.6 is 0 Å². The first-order valence-corrected chi connectivity index (χ1v) is 0.258. The Labute approximate surface area is 95.8 Å². The van der Waals surface area contributed by atoms with Gasteiger partial charge in [-0.2, -0.15) is 0 Å². The Hall–Kier alpha value is 2.56. The van der Waals surface area contributed by atoms with Gasteiger partial charge < -0.3 is 5.21 Å². The molecule has 4 heavy (non-hydrogen) atoms. The Balaban J connectivity index is -0.00000000500. The average Bonchev–Trinajstić information content (AvgIpc) is 1.00. The molecule has 0 bridgehead atoms. The van der Waals surface area contributed by atoms with Crippen molar-refractivity contribution in [2.45, 2.75) is 0 Å². The summed E-state index contributed by atoms with van der Waals surface area (Å²) in [5.74, 6) is 3.50. The number of nitrogens with two attached hydrogens (primary N) is 1. The minimum absolute atomic E-state index is 0. The molecule has 0 heterocycles. The van der Waals surface area contributed by atoms with Crippen LogP contribution in [0.2, 0.25) is 0 Å². The molecule has 0 saturated carbocycles. The molecule has 0 aromatic carbocycles. The van der Waals surface area contributed by atoms with Crippen molar-refractivity contribution in [2.24, 2.45) is 5.90 Å². The first-order valence-electron chi connectivity index (χ1n) is 0.258. The van der Waals surface area contributed by atoms with Crippen molar-refractivity contribution >= 4 is 68.9 Å². The van der Waals surface area contributed by atoms with Crippen LogP contribution in [0.15, 0.2) is 0 Å². The Morgan fingerprint density at radius 1 is 1.25 bits per heavy atom. The first kappa shape index (κ1) is 16.0. The van der Waals surface area contributed by atoms with E-state index in [4.69, 9.17) is 5.21 Å². The van der Waals surface area contributed by atoms with E-state index in [1.165, 1.54) is 0 Å². The second-order valence-corrected chi connectivity index (χ2v) is 0. The molecule has 0 rings (SSSR count). The summed E-state index contributed by atoms with van der Waals surface area (Å²) in [6.07, 6.45) is 0. The zero-order valence-electron chi connectivity index (χ0n) is 2.47. The van der Waals surface area contributed by atoms with E-state index in [1.54, 1.807) is 0 Å². The molecule has 20 valence electrons. The smallest absolute Gasteiger partial charge is 0 e.